The van der Waals surface area contributed by atoms with Gasteiger partial charge in [-0.25, -0.2) is 4.79 Å². The lowest BCUT2D eigenvalue weighted by molar-refractivity contribution is -0.137. The standard InChI is InChI=1S/C20H21ClN4O2/c21-15-6-3-5-14(11-15)12-24-17-8-4-10-23-18(17)19(26)25(20(24)27)13-16-7-1-2-9-22-16/h1-3,5-7,9,11,17-18,23H,4,8,10,12-13H2. The van der Waals surface area contributed by atoms with Gasteiger partial charge in [-0.3, -0.25) is 14.7 Å². The summed E-state index contributed by atoms with van der Waals surface area (Å²) in [5, 5.41) is 3.94. The van der Waals surface area contributed by atoms with Crippen LogP contribution >= 0.6 is 11.6 Å². The van der Waals surface area contributed by atoms with Crippen LogP contribution in [0.4, 0.5) is 4.79 Å². The number of hydrogen-bond donors (Lipinski definition) is 1. The van der Waals surface area contributed by atoms with Crippen LogP contribution in [0.15, 0.2) is 48.7 Å². The lowest BCUT2D eigenvalue weighted by Crippen LogP contribution is -2.68. The highest BCUT2D eigenvalue weighted by molar-refractivity contribution is 6.30. The van der Waals surface area contributed by atoms with Gasteiger partial charge in [-0.15, -0.1) is 0 Å². The van der Waals surface area contributed by atoms with Gasteiger partial charge in [0.2, 0.25) is 5.91 Å². The minimum Gasteiger partial charge on any atom is -0.315 e. The van der Waals surface area contributed by atoms with E-state index in [1.54, 1.807) is 11.1 Å². The molecule has 6 nitrogen and oxygen atoms in total. The van der Waals surface area contributed by atoms with Crippen LogP contribution in [0.25, 0.3) is 0 Å². The molecule has 2 fully saturated rings. The van der Waals surface area contributed by atoms with Crippen molar-refractivity contribution in [3.05, 3.63) is 64.9 Å². The maximum Gasteiger partial charge on any atom is 0.327 e. The second-order valence-corrected chi connectivity index (χ2v) is 7.36. The molecule has 2 aliphatic rings. The summed E-state index contributed by atoms with van der Waals surface area (Å²) in [6.45, 7) is 1.38. The van der Waals surface area contributed by atoms with Crippen LogP contribution in [0, 0.1) is 0 Å². The molecule has 2 aliphatic heterocycles. The van der Waals surface area contributed by atoms with E-state index in [1.165, 1.54) is 4.90 Å². The maximum atomic E-state index is 13.2. The molecular weight excluding hydrogens is 364 g/mol. The number of imide groups is 1. The fraction of sp³-hybridized carbons (Fsp3) is 0.350. The van der Waals surface area contributed by atoms with E-state index < -0.39 is 0 Å². The first kappa shape index (κ1) is 17.9. The van der Waals surface area contributed by atoms with Crippen LogP contribution in [0.1, 0.15) is 24.1 Å². The molecule has 0 spiro atoms. The fourth-order valence-corrected chi connectivity index (χ4v) is 4.05. The third-order valence-corrected chi connectivity index (χ3v) is 5.36. The maximum absolute atomic E-state index is 13.2. The number of aromatic nitrogens is 1. The number of carbonyl (C=O) groups is 2. The van der Waals surface area contributed by atoms with Crippen LogP contribution < -0.4 is 5.32 Å². The van der Waals surface area contributed by atoms with Gasteiger partial charge in [0.25, 0.3) is 0 Å². The molecule has 140 valence electrons. The van der Waals surface area contributed by atoms with E-state index in [0.29, 0.717) is 17.3 Å². The number of rotatable bonds is 4. The quantitative estimate of drug-likeness (QED) is 0.880. The summed E-state index contributed by atoms with van der Waals surface area (Å²) < 4.78 is 0. The number of nitrogens with zero attached hydrogens (tertiary/aromatic N) is 3. The molecule has 3 heterocycles. The largest absolute Gasteiger partial charge is 0.327 e. The van der Waals surface area contributed by atoms with Crippen LogP contribution in [0.3, 0.4) is 0 Å². The van der Waals surface area contributed by atoms with Gasteiger partial charge in [0.05, 0.1) is 18.3 Å². The van der Waals surface area contributed by atoms with Gasteiger partial charge >= 0.3 is 6.03 Å². The van der Waals surface area contributed by atoms with Gasteiger partial charge in [-0.2, -0.15) is 0 Å². The lowest BCUT2D eigenvalue weighted by atomic mass is 9.93. The first-order chi connectivity index (χ1) is 13.1. The molecule has 0 bridgehead atoms. The summed E-state index contributed by atoms with van der Waals surface area (Å²) in [5.41, 5.74) is 1.64. The molecule has 1 aromatic carbocycles. The Morgan fingerprint density at radius 1 is 1.15 bits per heavy atom. The molecule has 4 rings (SSSR count). The molecule has 1 aromatic heterocycles. The van der Waals surface area contributed by atoms with Gasteiger partial charge in [0.15, 0.2) is 0 Å². The van der Waals surface area contributed by atoms with Gasteiger partial charge in [-0.05, 0) is 49.2 Å². The average Bonchev–Trinajstić information content (AvgIpc) is 2.69. The summed E-state index contributed by atoms with van der Waals surface area (Å²) in [4.78, 5) is 33.6. The highest BCUT2D eigenvalue weighted by Crippen LogP contribution is 2.27. The fourth-order valence-electron chi connectivity index (χ4n) is 3.83. The molecule has 0 radical (unpaired) electrons. The van der Waals surface area contributed by atoms with Gasteiger partial charge in [0, 0.05) is 17.8 Å². The van der Waals surface area contributed by atoms with E-state index in [1.807, 2.05) is 42.5 Å². The summed E-state index contributed by atoms with van der Waals surface area (Å²) in [6, 6.07) is 12.2. The van der Waals surface area contributed by atoms with E-state index in [4.69, 9.17) is 11.6 Å². The van der Waals surface area contributed by atoms with Crippen molar-refractivity contribution >= 4 is 23.5 Å². The average molecular weight is 385 g/mol. The normalized spacial score (nSPS) is 22.7. The Hall–Kier alpha value is -2.44. The summed E-state index contributed by atoms with van der Waals surface area (Å²) in [7, 11) is 0. The molecule has 0 aliphatic carbocycles. The molecule has 3 amide bonds. The number of nitrogens with one attached hydrogen (secondary N) is 1. The number of carbonyl (C=O) groups excluding carboxylic acids is 2. The molecule has 2 aromatic rings. The molecule has 27 heavy (non-hydrogen) atoms. The third kappa shape index (κ3) is 3.68. The highest BCUT2D eigenvalue weighted by Gasteiger charge is 2.47. The van der Waals surface area contributed by atoms with Crippen LogP contribution in [0.5, 0.6) is 0 Å². The highest BCUT2D eigenvalue weighted by atomic mass is 35.5. The minimum atomic E-state index is -0.376. The zero-order valence-electron chi connectivity index (χ0n) is 14.8. The van der Waals surface area contributed by atoms with Crippen molar-refractivity contribution in [1.82, 2.24) is 20.1 Å². The second kappa shape index (κ2) is 7.66. The van der Waals surface area contributed by atoms with Crippen LogP contribution in [-0.4, -0.2) is 45.4 Å². The molecule has 7 heteroatoms. The number of halogens is 1. The number of benzene rings is 1. The second-order valence-electron chi connectivity index (χ2n) is 6.93. The minimum absolute atomic E-state index is 0.141. The molecule has 2 unspecified atom stereocenters. The molecule has 2 atom stereocenters. The lowest BCUT2D eigenvalue weighted by Gasteiger charge is -2.47. The smallest absolute Gasteiger partial charge is 0.315 e. The summed E-state index contributed by atoms with van der Waals surface area (Å²) in [5.74, 6) is -0.169. The van der Waals surface area contributed by atoms with Gasteiger partial charge in [0.1, 0.15) is 6.04 Å². The molecule has 2 saturated heterocycles. The predicted molar refractivity (Wildman–Crippen MR) is 102 cm³/mol. The van der Waals surface area contributed by atoms with Crippen molar-refractivity contribution in [2.45, 2.75) is 38.0 Å². The number of amides is 3. The van der Waals surface area contributed by atoms with Crippen molar-refractivity contribution < 1.29 is 9.59 Å². The molecule has 1 N–H and O–H groups in total. The van der Waals surface area contributed by atoms with E-state index in [2.05, 4.69) is 10.3 Å². The van der Waals surface area contributed by atoms with E-state index >= 15 is 0 Å². The zero-order valence-corrected chi connectivity index (χ0v) is 15.6. The van der Waals surface area contributed by atoms with Crippen molar-refractivity contribution in [2.75, 3.05) is 6.54 Å². The Morgan fingerprint density at radius 2 is 2.04 bits per heavy atom. The Labute approximate surface area is 163 Å². The van der Waals surface area contributed by atoms with E-state index in [-0.39, 0.29) is 30.6 Å². The Kier molecular flexibility index (Phi) is 5.09. The SMILES string of the molecule is O=C1C2NCCCC2N(Cc2cccc(Cl)c2)C(=O)N1Cc1ccccn1. The van der Waals surface area contributed by atoms with Crippen LogP contribution in [0.2, 0.25) is 5.02 Å². The summed E-state index contributed by atoms with van der Waals surface area (Å²) in [6.07, 6.45) is 3.42. The Bertz CT molecular complexity index is 845. The van der Waals surface area contributed by atoms with Crippen molar-refractivity contribution in [3.8, 4) is 0 Å². The monoisotopic (exact) mass is 384 g/mol. The van der Waals surface area contributed by atoms with Gasteiger partial charge < -0.3 is 10.2 Å². The Morgan fingerprint density at radius 3 is 2.81 bits per heavy atom. The van der Waals surface area contributed by atoms with Crippen molar-refractivity contribution in [3.63, 3.8) is 0 Å². The molecular formula is C20H21ClN4O2. The zero-order chi connectivity index (χ0) is 18.8. The van der Waals surface area contributed by atoms with Crippen LogP contribution in [-0.2, 0) is 17.9 Å². The third-order valence-electron chi connectivity index (χ3n) is 5.12. The van der Waals surface area contributed by atoms with E-state index in [0.717, 1.165) is 24.9 Å². The van der Waals surface area contributed by atoms with Crippen molar-refractivity contribution in [1.29, 1.82) is 0 Å². The van der Waals surface area contributed by atoms with E-state index in [9.17, 15) is 9.59 Å². The number of fused-ring (bicyclic) bond motifs is 1. The first-order valence-corrected chi connectivity index (χ1v) is 9.51. The Balaban J connectivity index is 1.63. The number of piperidine rings is 1. The number of hydrogen-bond acceptors (Lipinski definition) is 4. The van der Waals surface area contributed by atoms with Gasteiger partial charge in [-0.1, -0.05) is 29.8 Å². The topological polar surface area (TPSA) is 65.5 Å². The summed E-state index contributed by atoms with van der Waals surface area (Å²) >= 11 is 6.11. The predicted octanol–water partition coefficient (Wildman–Crippen LogP) is 2.82. The first-order valence-electron chi connectivity index (χ1n) is 9.13. The molecule has 0 saturated carbocycles. The number of pyridine rings is 1. The number of urea groups is 1. The van der Waals surface area contributed by atoms with Crippen molar-refractivity contribution in [2.24, 2.45) is 0 Å².